The maximum absolute atomic E-state index is 14.1. The smallest absolute Gasteiger partial charge is 0.416 e. The van der Waals surface area contributed by atoms with Gasteiger partial charge in [0.25, 0.3) is 10.0 Å². The van der Waals surface area contributed by atoms with Gasteiger partial charge in [-0.05, 0) is 42.0 Å². The second kappa shape index (κ2) is 10.5. The quantitative estimate of drug-likeness (QED) is 0.415. The Hall–Kier alpha value is -3.82. The number of sulfonamides is 1. The fraction of sp³-hybridized carbons (Fsp3) is 0.200. The number of benzene rings is 3. The number of carbonyl (C=O) groups excluding carboxylic acids is 1. The van der Waals surface area contributed by atoms with Crippen molar-refractivity contribution in [3.8, 4) is 22.9 Å². The average Bonchev–Trinajstić information content (AvgIpc) is 2.88. The van der Waals surface area contributed by atoms with Gasteiger partial charge in [-0.25, -0.2) is 12.8 Å². The molecule has 0 aromatic heterocycles. The van der Waals surface area contributed by atoms with Gasteiger partial charge in [0.2, 0.25) is 5.91 Å². The van der Waals surface area contributed by atoms with E-state index in [1.807, 2.05) is 0 Å². The summed E-state index contributed by atoms with van der Waals surface area (Å²) in [6.07, 6.45) is -6.13. The number of ether oxygens (including phenoxy) is 1. The molecule has 1 aliphatic heterocycles. The highest BCUT2D eigenvalue weighted by atomic mass is 35.5. The third-order valence-electron chi connectivity index (χ3n) is 5.67. The number of amides is 1. The predicted molar refractivity (Wildman–Crippen MR) is 130 cm³/mol. The van der Waals surface area contributed by atoms with E-state index in [2.05, 4.69) is 5.32 Å². The number of hydrogen-bond acceptors (Lipinski definition) is 5. The van der Waals surface area contributed by atoms with Crippen molar-refractivity contribution < 1.29 is 35.5 Å². The molecule has 1 unspecified atom stereocenters. The Kier molecular flexibility index (Phi) is 7.53. The van der Waals surface area contributed by atoms with E-state index in [9.17, 15) is 30.8 Å². The van der Waals surface area contributed by atoms with E-state index in [4.69, 9.17) is 21.6 Å². The lowest BCUT2D eigenvalue weighted by Crippen LogP contribution is -2.48. The molecule has 1 atom stereocenters. The van der Waals surface area contributed by atoms with Crippen LogP contribution < -0.4 is 14.4 Å². The largest absolute Gasteiger partial charge is 0.484 e. The van der Waals surface area contributed by atoms with E-state index < -0.39 is 50.9 Å². The second-order valence-corrected chi connectivity index (χ2v) is 10.5. The summed E-state index contributed by atoms with van der Waals surface area (Å²) in [4.78, 5) is 11.1. The van der Waals surface area contributed by atoms with Crippen LogP contribution in [0.2, 0.25) is 5.02 Å². The van der Waals surface area contributed by atoms with Crippen molar-refractivity contribution in [3.05, 3.63) is 77.1 Å². The summed E-state index contributed by atoms with van der Waals surface area (Å²) < 4.78 is 88.1. The Bertz CT molecular complexity index is 1540. The molecule has 1 aliphatic rings. The zero-order valence-corrected chi connectivity index (χ0v) is 20.9. The number of hydrogen-bond donors (Lipinski definition) is 1. The maximum Gasteiger partial charge on any atom is 0.416 e. The van der Waals surface area contributed by atoms with Crippen LogP contribution in [0.4, 0.5) is 23.2 Å². The summed E-state index contributed by atoms with van der Waals surface area (Å²) >= 11 is 6.11. The zero-order chi connectivity index (χ0) is 27.7. The summed E-state index contributed by atoms with van der Waals surface area (Å²) in [7, 11) is -4.58. The van der Waals surface area contributed by atoms with Crippen molar-refractivity contribution in [2.75, 3.05) is 17.4 Å². The minimum Gasteiger partial charge on any atom is -0.484 e. The molecule has 0 spiro atoms. The Morgan fingerprint density at radius 2 is 1.89 bits per heavy atom. The molecule has 7 nitrogen and oxygen atoms in total. The van der Waals surface area contributed by atoms with Gasteiger partial charge >= 0.3 is 6.18 Å². The topological polar surface area (TPSA) is 99.5 Å². The molecular weight excluding hydrogens is 550 g/mol. The molecule has 198 valence electrons. The Morgan fingerprint density at radius 3 is 2.61 bits per heavy atom. The van der Waals surface area contributed by atoms with Crippen LogP contribution in [0.25, 0.3) is 11.1 Å². The molecule has 0 radical (unpaired) electrons. The molecule has 3 aromatic rings. The molecular formula is C25H18ClF4N3O4S. The summed E-state index contributed by atoms with van der Waals surface area (Å²) in [6.45, 7) is -0.551. The highest BCUT2D eigenvalue weighted by molar-refractivity contribution is 7.92. The van der Waals surface area contributed by atoms with Gasteiger partial charge < -0.3 is 10.1 Å². The first kappa shape index (κ1) is 27.2. The Labute approximate surface area is 220 Å². The first-order valence-corrected chi connectivity index (χ1v) is 12.8. The average molecular weight is 568 g/mol. The molecule has 13 heteroatoms. The zero-order valence-electron chi connectivity index (χ0n) is 19.3. The van der Waals surface area contributed by atoms with Gasteiger partial charge in [0, 0.05) is 5.56 Å². The van der Waals surface area contributed by atoms with Crippen LogP contribution in [0.5, 0.6) is 5.75 Å². The first-order valence-electron chi connectivity index (χ1n) is 11.0. The summed E-state index contributed by atoms with van der Waals surface area (Å²) in [5.74, 6) is -1.24. The van der Waals surface area contributed by atoms with Gasteiger partial charge in [-0.3, -0.25) is 9.10 Å². The van der Waals surface area contributed by atoms with Gasteiger partial charge in [-0.2, -0.15) is 18.4 Å². The van der Waals surface area contributed by atoms with Crippen molar-refractivity contribution in [3.63, 3.8) is 0 Å². The van der Waals surface area contributed by atoms with Crippen LogP contribution in [0.1, 0.15) is 12.0 Å². The molecule has 4 rings (SSSR count). The van der Waals surface area contributed by atoms with E-state index in [1.54, 1.807) is 6.07 Å². The molecule has 1 N–H and O–H groups in total. The lowest BCUT2D eigenvalue weighted by Gasteiger charge is -2.36. The van der Waals surface area contributed by atoms with Crippen molar-refractivity contribution >= 4 is 33.2 Å². The highest BCUT2D eigenvalue weighted by Crippen LogP contribution is 2.42. The molecule has 0 bridgehead atoms. The molecule has 0 aliphatic carbocycles. The van der Waals surface area contributed by atoms with Crippen LogP contribution in [0.3, 0.4) is 0 Å². The fourth-order valence-corrected chi connectivity index (χ4v) is 5.64. The number of nitrogens with one attached hydrogen (secondary N) is 1. The molecule has 1 heterocycles. The van der Waals surface area contributed by atoms with E-state index in [0.717, 1.165) is 28.6 Å². The van der Waals surface area contributed by atoms with Crippen LogP contribution >= 0.6 is 11.6 Å². The number of nitriles is 1. The van der Waals surface area contributed by atoms with Crippen LogP contribution in [-0.4, -0.2) is 33.5 Å². The lowest BCUT2D eigenvalue weighted by atomic mass is 10.0. The van der Waals surface area contributed by atoms with E-state index >= 15 is 0 Å². The molecule has 1 amide bonds. The number of nitrogens with zero attached hydrogens (tertiary/aromatic N) is 2. The number of fused-ring (bicyclic) bond motifs is 1. The van der Waals surface area contributed by atoms with E-state index in [-0.39, 0.29) is 35.1 Å². The summed E-state index contributed by atoms with van der Waals surface area (Å²) in [5.41, 5.74) is -0.564. The molecule has 38 heavy (non-hydrogen) atoms. The second-order valence-electron chi connectivity index (χ2n) is 8.22. The number of carbonyl (C=O) groups is 1. The van der Waals surface area contributed by atoms with Gasteiger partial charge in [0.15, 0.2) is 0 Å². The third kappa shape index (κ3) is 5.54. The monoisotopic (exact) mass is 567 g/mol. The van der Waals surface area contributed by atoms with Gasteiger partial charge in [-0.15, -0.1) is 0 Å². The minimum atomic E-state index is -4.77. The molecule has 3 aromatic carbocycles. The van der Waals surface area contributed by atoms with Gasteiger partial charge in [0.1, 0.15) is 24.1 Å². The number of rotatable bonds is 6. The lowest BCUT2D eigenvalue weighted by molar-refractivity contribution is -0.137. The molecule has 0 saturated heterocycles. The van der Waals surface area contributed by atoms with Crippen molar-refractivity contribution in [2.45, 2.75) is 23.6 Å². The molecule has 0 fully saturated rings. The molecule has 0 saturated carbocycles. The summed E-state index contributed by atoms with van der Waals surface area (Å²) in [6, 6.07) is 13.4. The third-order valence-corrected chi connectivity index (χ3v) is 7.83. The number of anilines is 1. The normalized spacial score (nSPS) is 15.3. The van der Waals surface area contributed by atoms with Gasteiger partial charge in [0.05, 0.1) is 40.3 Å². The maximum atomic E-state index is 14.1. The van der Waals surface area contributed by atoms with Crippen LogP contribution in [-0.2, 0) is 21.0 Å². The Balaban J connectivity index is 1.80. The van der Waals surface area contributed by atoms with E-state index in [1.165, 1.54) is 30.3 Å². The van der Waals surface area contributed by atoms with Crippen molar-refractivity contribution in [1.29, 1.82) is 5.26 Å². The predicted octanol–water partition coefficient (Wildman–Crippen LogP) is 5.15. The number of halogens is 5. The van der Waals surface area contributed by atoms with Crippen LogP contribution in [0, 0.1) is 17.1 Å². The fourth-order valence-electron chi connectivity index (χ4n) is 3.86. The Morgan fingerprint density at radius 1 is 1.16 bits per heavy atom. The van der Waals surface area contributed by atoms with Crippen LogP contribution in [0.15, 0.2) is 65.6 Å². The SMILES string of the molecule is N#CCC(=O)NCC1CN(S(=O)(=O)c2cccc(C(F)(F)F)c2)c2cc(-c3cccc(F)c3Cl)ccc2O1. The number of alkyl halides is 3. The highest BCUT2D eigenvalue weighted by Gasteiger charge is 2.37. The van der Waals surface area contributed by atoms with Crippen molar-refractivity contribution in [1.82, 2.24) is 5.32 Å². The minimum absolute atomic E-state index is 0.0140. The standard InChI is InChI=1S/C25H18ClF4N3O4S/c26-24-19(5-2-6-20(24)27)15-7-8-22-21(11-15)33(14-17(37-22)13-32-23(34)9-10-31)38(35,36)18-4-1-3-16(12-18)25(28,29)30/h1-8,11-12,17H,9,13-14H2,(H,32,34). The first-order chi connectivity index (χ1) is 17.9. The van der Waals surface area contributed by atoms with Crippen molar-refractivity contribution in [2.24, 2.45) is 0 Å². The van der Waals surface area contributed by atoms with Gasteiger partial charge in [-0.1, -0.05) is 35.9 Å². The van der Waals surface area contributed by atoms with E-state index in [0.29, 0.717) is 11.6 Å². The summed E-state index contributed by atoms with van der Waals surface area (Å²) in [5, 5.41) is 10.9.